The van der Waals surface area contributed by atoms with Crippen LogP contribution in [0.5, 0.6) is 5.75 Å². The molecule has 2 aromatic rings. The van der Waals surface area contributed by atoms with E-state index in [4.69, 9.17) is 0 Å². The van der Waals surface area contributed by atoms with Gasteiger partial charge in [-0.3, -0.25) is 19.7 Å². The molecule has 1 aliphatic rings. The minimum atomic E-state index is -0.561. The Labute approximate surface area is 138 Å². The first-order valence-corrected chi connectivity index (χ1v) is 7.34. The maximum Gasteiger partial charge on any atom is 0.261 e. The van der Waals surface area contributed by atoms with Crippen LogP contribution < -0.4 is 10.6 Å². The first kappa shape index (κ1) is 14.5. The standard InChI is InChI=1S/C15H9IN2O4/c16-7-4-5-8(11(19)6-7)13(20)17-10-3-1-2-9-12(10)15(22)18-14(9)21/h1-6,19H,(H,17,20)(H,18,21,22). The van der Waals surface area contributed by atoms with Crippen molar-refractivity contribution in [2.45, 2.75) is 0 Å². The molecule has 1 aliphatic heterocycles. The number of hydrogen-bond acceptors (Lipinski definition) is 4. The Morgan fingerprint density at radius 1 is 1.14 bits per heavy atom. The molecule has 7 heteroatoms. The molecule has 1 heterocycles. The minimum Gasteiger partial charge on any atom is -0.507 e. The summed E-state index contributed by atoms with van der Waals surface area (Å²) in [5, 5.41) is 14.6. The number of rotatable bonds is 2. The van der Waals surface area contributed by atoms with Crippen molar-refractivity contribution in [1.29, 1.82) is 0 Å². The van der Waals surface area contributed by atoms with Crippen LogP contribution in [0.1, 0.15) is 31.1 Å². The van der Waals surface area contributed by atoms with Crippen LogP contribution >= 0.6 is 22.6 Å². The topological polar surface area (TPSA) is 95.5 Å². The summed E-state index contributed by atoms with van der Waals surface area (Å²) >= 11 is 2.02. The Morgan fingerprint density at radius 2 is 1.91 bits per heavy atom. The number of carbonyl (C=O) groups is 3. The molecule has 3 rings (SSSR count). The highest BCUT2D eigenvalue weighted by atomic mass is 127. The van der Waals surface area contributed by atoms with E-state index in [0.717, 1.165) is 3.57 Å². The zero-order chi connectivity index (χ0) is 15.9. The summed E-state index contributed by atoms with van der Waals surface area (Å²) in [6, 6.07) is 9.23. The van der Waals surface area contributed by atoms with E-state index >= 15 is 0 Å². The first-order chi connectivity index (χ1) is 10.5. The van der Waals surface area contributed by atoms with Crippen molar-refractivity contribution in [1.82, 2.24) is 5.32 Å². The Kier molecular flexibility index (Phi) is 3.57. The largest absolute Gasteiger partial charge is 0.507 e. The van der Waals surface area contributed by atoms with Crippen molar-refractivity contribution in [3.8, 4) is 5.75 Å². The van der Waals surface area contributed by atoms with Gasteiger partial charge in [-0.05, 0) is 52.9 Å². The molecule has 0 saturated carbocycles. The van der Waals surface area contributed by atoms with Gasteiger partial charge in [-0.15, -0.1) is 0 Å². The zero-order valence-electron chi connectivity index (χ0n) is 11.0. The molecule has 0 spiro atoms. The van der Waals surface area contributed by atoms with Crippen molar-refractivity contribution in [2.24, 2.45) is 0 Å². The molecule has 0 radical (unpaired) electrons. The second-order valence-corrected chi connectivity index (χ2v) is 5.87. The number of imide groups is 1. The normalized spacial score (nSPS) is 12.8. The predicted octanol–water partition coefficient (Wildman–Crippen LogP) is 2.13. The molecule has 3 N–H and O–H groups in total. The second kappa shape index (κ2) is 5.41. The molecular weight excluding hydrogens is 399 g/mol. The maximum atomic E-state index is 12.2. The van der Waals surface area contributed by atoms with Gasteiger partial charge >= 0.3 is 0 Å². The number of fused-ring (bicyclic) bond motifs is 1. The molecule has 0 aliphatic carbocycles. The van der Waals surface area contributed by atoms with Crippen molar-refractivity contribution in [2.75, 3.05) is 5.32 Å². The molecule has 110 valence electrons. The summed E-state index contributed by atoms with van der Waals surface area (Å²) in [7, 11) is 0. The second-order valence-electron chi connectivity index (χ2n) is 4.63. The summed E-state index contributed by atoms with van der Waals surface area (Å²) in [4.78, 5) is 35.6. The number of halogens is 1. The summed E-state index contributed by atoms with van der Waals surface area (Å²) in [6.45, 7) is 0. The third-order valence-corrected chi connectivity index (χ3v) is 3.89. The Bertz CT molecular complexity index is 832. The van der Waals surface area contributed by atoms with E-state index in [0.29, 0.717) is 0 Å². The SMILES string of the molecule is O=C(Nc1cccc2c1C(=O)NC2=O)c1ccc(I)cc1O. The van der Waals surface area contributed by atoms with Crippen LogP contribution in [0.25, 0.3) is 0 Å². The average molecular weight is 408 g/mol. The lowest BCUT2D eigenvalue weighted by molar-refractivity contribution is 0.0879. The highest BCUT2D eigenvalue weighted by Crippen LogP contribution is 2.26. The molecule has 0 aromatic heterocycles. The van der Waals surface area contributed by atoms with Crippen LogP contribution in [0.4, 0.5) is 5.69 Å². The van der Waals surface area contributed by atoms with Gasteiger partial charge in [0.2, 0.25) is 0 Å². The number of amides is 3. The number of nitrogens with one attached hydrogen (secondary N) is 2. The van der Waals surface area contributed by atoms with Crippen molar-refractivity contribution in [3.63, 3.8) is 0 Å². The quantitative estimate of drug-likeness (QED) is 0.524. The van der Waals surface area contributed by atoms with Gasteiger partial charge in [-0.2, -0.15) is 0 Å². The van der Waals surface area contributed by atoms with Crippen LogP contribution in [-0.4, -0.2) is 22.8 Å². The highest BCUT2D eigenvalue weighted by Gasteiger charge is 2.30. The highest BCUT2D eigenvalue weighted by molar-refractivity contribution is 14.1. The van der Waals surface area contributed by atoms with Crippen molar-refractivity contribution < 1.29 is 19.5 Å². The number of carbonyl (C=O) groups excluding carboxylic acids is 3. The van der Waals surface area contributed by atoms with Crippen molar-refractivity contribution in [3.05, 3.63) is 56.7 Å². The number of phenolic OH excluding ortho intramolecular Hbond substituents is 1. The van der Waals surface area contributed by atoms with Gasteiger partial charge < -0.3 is 10.4 Å². The lowest BCUT2D eigenvalue weighted by Gasteiger charge is -2.09. The van der Waals surface area contributed by atoms with Crippen molar-refractivity contribution >= 4 is 46.0 Å². The molecule has 0 unspecified atom stereocenters. The maximum absolute atomic E-state index is 12.2. The van der Waals surface area contributed by atoms with Gasteiger partial charge in [-0.1, -0.05) is 6.07 Å². The number of aromatic hydroxyl groups is 1. The summed E-state index contributed by atoms with van der Waals surface area (Å²) in [5.74, 6) is -1.76. The monoisotopic (exact) mass is 408 g/mol. The molecule has 0 atom stereocenters. The Hall–Kier alpha value is -2.42. The third kappa shape index (κ3) is 2.43. The predicted molar refractivity (Wildman–Crippen MR) is 87.0 cm³/mol. The molecular formula is C15H9IN2O4. The smallest absolute Gasteiger partial charge is 0.261 e. The lowest BCUT2D eigenvalue weighted by Crippen LogP contribution is -2.21. The fourth-order valence-corrected chi connectivity index (χ4v) is 2.68. The van der Waals surface area contributed by atoms with Crippen LogP contribution in [0.15, 0.2) is 36.4 Å². The molecule has 0 fully saturated rings. The van der Waals surface area contributed by atoms with Gasteiger partial charge in [0, 0.05) is 3.57 Å². The van der Waals surface area contributed by atoms with Crippen LogP contribution in [-0.2, 0) is 0 Å². The molecule has 0 saturated heterocycles. The molecule has 3 amide bonds. The van der Waals surface area contributed by atoms with E-state index in [2.05, 4.69) is 10.6 Å². The molecule has 0 bridgehead atoms. The van der Waals surface area contributed by atoms with Gasteiger partial charge in [0.15, 0.2) is 0 Å². The van der Waals surface area contributed by atoms with E-state index in [1.165, 1.54) is 24.3 Å². The summed E-state index contributed by atoms with van der Waals surface area (Å²) in [5.41, 5.74) is 0.659. The lowest BCUT2D eigenvalue weighted by atomic mass is 10.1. The van der Waals surface area contributed by atoms with E-state index in [9.17, 15) is 19.5 Å². The van der Waals surface area contributed by atoms with Gasteiger partial charge in [-0.25, -0.2) is 0 Å². The number of anilines is 1. The number of hydrogen-bond donors (Lipinski definition) is 3. The van der Waals surface area contributed by atoms with Crippen LogP contribution in [0.2, 0.25) is 0 Å². The van der Waals surface area contributed by atoms with E-state index in [-0.39, 0.29) is 28.1 Å². The zero-order valence-corrected chi connectivity index (χ0v) is 13.2. The summed E-state index contributed by atoms with van der Waals surface area (Å²) in [6.07, 6.45) is 0. The number of phenols is 1. The molecule has 22 heavy (non-hydrogen) atoms. The fourth-order valence-electron chi connectivity index (χ4n) is 2.21. The minimum absolute atomic E-state index is 0.0859. The molecule has 6 nitrogen and oxygen atoms in total. The molecule has 2 aromatic carbocycles. The van der Waals surface area contributed by atoms with Gasteiger partial charge in [0.1, 0.15) is 5.75 Å². The van der Waals surface area contributed by atoms with Crippen LogP contribution in [0.3, 0.4) is 0 Å². The first-order valence-electron chi connectivity index (χ1n) is 6.26. The number of benzene rings is 2. The Morgan fingerprint density at radius 3 is 2.64 bits per heavy atom. The summed E-state index contributed by atoms with van der Waals surface area (Å²) < 4.78 is 0.789. The van der Waals surface area contributed by atoms with Gasteiger partial charge in [0.05, 0.1) is 22.4 Å². The third-order valence-electron chi connectivity index (χ3n) is 3.22. The van der Waals surface area contributed by atoms with Gasteiger partial charge in [0.25, 0.3) is 17.7 Å². The van der Waals surface area contributed by atoms with Crippen LogP contribution in [0, 0.1) is 3.57 Å². The van der Waals surface area contributed by atoms with E-state index in [1.807, 2.05) is 22.6 Å². The average Bonchev–Trinajstić information content (AvgIpc) is 2.75. The Balaban J connectivity index is 1.96. The van der Waals surface area contributed by atoms with E-state index in [1.54, 1.807) is 12.1 Å². The van der Waals surface area contributed by atoms with E-state index < -0.39 is 17.7 Å². The fraction of sp³-hybridized carbons (Fsp3) is 0.